The second-order valence-corrected chi connectivity index (χ2v) is 7.08. The smallest absolute Gasteiger partial charge is 0.338 e. The highest BCUT2D eigenvalue weighted by molar-refractivity contribution is 9.10. The van der Waals surface area contributed by atoms with Crippen LogP contribution >= 0.6 is 15.9 Å². The third-order valence-corrected chi connectivity index (χ3v) is 3.49. The number of ether oxygens (including phenoxy) is 2. The summed E-state index contributed by atoms with van der Waals surface area (Å²) in [5, 5.41) is 0. The largest absolute Gasteiger partial charge is 0.493 e. The minimum Gasteiger partial charge on any atom is -0.493 e. The molecule has 0 saturated heterocycles. The fraction of sp³-hybridized carbons (Fsp3) is 0.316. The Morgan fingerprint density at radius 3 is 2.48 bits per heavy atom. The van der Waals surface area contributed by atoms with Crippen molar-refractivity contribution in [2.75, 3.05) is 6.61 Å². The molecule has 0 N–H and O–H groups in total. The summed E-state index contributed by atoms with van der Waals surface area (Å²) >= 11 is 3.47. The number of halogens is 1. The highest BCUT2D eigenvalue weighted by Crippen LogP contribution is 2.33. The van der Waals surface area contributed by atoms with Gasteiger partial charge in [-0.15, -0.1) is 0 Å². The third-order valence-electron chi connectivity index (χ3n) is 3.03. The molecule has 0 aliphatic rings. The Morgan fingerprint density at radius 1 is 1.13 bits per heavy atom. The summed E-state index contributed by atoms with van der Waals surface area (Å²) in [4.78, 5) is 12.3. The van der Waals surface area contributed by atoms with E-state index in [0.717, 1.165) is 21.3 Å². The molecule has 0 aromatic heterocycles. The van der Waals surface area contributed by atoms with E-state index in [1.54, 1.807) is 6.07 Å². The molecule has 0 spiro atoms. The van der Waals surface area contributed by atoms with Crippen molar-refractivity contribution >= 4 is 21.9 Å². The minimum atomic E-state index is -0.525. The zero-order chi connectivity index (χ0) is 17.0. The molecule has 0 saturated carbocycles. The zero-order valence-corrected chi connectivity index (χ0v) is 15.4. The van der Waals surface area contributed by atoms with Crippen LogP contribution in [0.15, 0.2) is 46.9 Å². The van der Waals surface area contributed by atoms with Gasteiger partial charge in [-0.1, -0.05) is 34.1 Å². The van der Waals surface area contributed by atoms with Crippen LogP contribution in [0.3, 0.4) is 0 Å². The van der Waals surface area contributed by atoms with Crippen molar-refractivity contribution in [1.82, 2.24) is 0 Å². The van der Waals surface area contributed by atoms with Gasteiger partial charge >= 0.3 is 5.97 Å². The van der Waals surface area contributed by atoms with E-state index in [9.17, 15) is 4.79 Å². The van der Waals surface area contributed by atoms with Gasteiger partial charge in [-0.3, -0.25) is 0 Å². The standard InChI is InChI=1S/C19H21BrO3/c1-5-22-17-9-7-6-8-16(17)13-10-14(12-15(20)11-13)18(21)23-19(2,3)4/h6-12H,5H2,1-4H3. The highest BCUT2D eigenvalue weighted by atomic mass is 79.9. The molecular formula is C19H21BrO3. The normalized spacial score (nSPS) is 11.2. The van der Waals surface area contributed by atoms with E-state index < -0.39 is 5.60 Å². The van der Waals surface area contributed by atoms with Crippen molar-refractivity contribution in [3.05, 3.63) is 52.5 Å². The van der Waals surface area contributed by atoms with Crippen LogP contribution in [0, 0.1) is 0 Å². The Kier molecular flexibility index (Phi) is 5.47. The van der Waals surface area contributed by atoms with Crippen LogP contribution in [0.2, 0.25) is 0 Å². The van der Waals surface area contributed by atoms with E-state index >= 15 is 0 Å². The van der Waals surface area contributed by atoms with Gasteiger partial charge in [-0.2, -0.15) is 0 Å². The molecule has 0 atom stereocenters. The molecule has 0 fully saturated rings. The number of esters is 1. The third kappa shape index (κ3) is 4.83. The Labute approximate surface area is 145 Å². The van der Waals surface area contributed by atoms with Crippen molar-refractivity contribution in [2.45, 2.75) is 33.3 Å². The Balaban J connectivity index is 2.44. The van der Waals surface area contributed by atoms with Crippen molar-refractivity contribution in [3.8, 4) is 16.9 Å². The summed E-state index contributed by atoms with van der Waals surface area (Å²) in [6.07, 6.45) is 0. The molecule has 0 radical (unpaired) electrons. The molecule has 2 aromatic rings. The molecule has 23 heavy (non-hydrogen) atoms. The van der Waals surface area contributed by atoms with Crippen molar-refractivity contribution < 1.29 is 14.3 Å². The summed E-state index contributed by atoms with van der Waals surface area (Å²) in [6, 6.07) is 13.3. The average molecular weight is 377 g/mol. The summed E-state index contributed by atoms with van der Waals surface area (Å²) in [6.45, 7) is 8.10. The van der Waals surface area contributed by atoms with Crippen molar-refractivity contribution in [3.63, 3.8) is 0 Å². The van der Waals surface area contributed by atoms with Crippen molar-refractivity contribution in [1.29, 1.82) is 0 Å². The summed E-state index contributed by atoms with van der Waals surface area (Å²) in [5.41, 5.74) is 1.84. The lowest BCUT2D eigenvalue weighted by atomic mass is 10.0. The van der Waals surface area contributed by atoms with E-state index in [1.807, 2.05) is 64.1 Å². The summed E-state index contributed by atoms with van der Waals surface area (Å²) < 4.78 is 12.0. The Morgan fingerprint density at radius 2 is 1.83 bits per heavy atom. The molecule has 0 aliphatic carbocycles. The van der Waals surface area contributed by atoms with E-state index in [1.165, 1.54) is 0 Å². The molecule has 0 unspecified atom stereocenters. The number of hydrogen-bond acceptors (Lipinski definition) is 3. The molecule has 0 bridgehead atoms. The van der Waals surface area contributed by atoms with E-state index in [-0.39, 0.29) is 5.97 Å². The lowest BCUT2D eigenvalue weighted by Gasteiger charge is -2.20. The van der Waals surface area contributed by atoms with Gasteiger partial charge in [0.05, 0.1) is 12.2 Å². The number of para-hydroxylation sites is 1. The predicted octanol–water partition coefficient (Wildman–Crippen LogP) is 5.47. The fourth-order valence-electron chi connectivity index (χ4n) is 2.19. The maximum Gasteiger partial charge on any atom is 0.338 e. The van der Waals surface area contributed by atoms with E-state index in [2.05, 4.69) is 15.9 Å². The van der Waals surface area contributed by atoms with E-state index in [0.29, 0.717) is 12.2 Å². The second-order valence-electron chi connectivity index (χ2n) is 6.16. The van der Waals surface area contributed by atoms with Crippen LogP contribution in [-0.2, 0) is 4.74 Å². The van der Waals surface area contributed by atoms with E-state index in [4.69, 9.17) is 9.47 Å². The zero-order valence-electron chi connectivity index (χ0n) is 13.9. The summed E-state index contributed by atoms with van der Waals surface area (Å²) in [7, 11) is 0. The van der Waals surface area contributed by atoms with Gasteiger partial charge < -0.3 is 9.47 Å². The number of rotatable bonds is 4. The number of benzene rings is 2. The molecular weight excluding hydrogens is 356 g/mol. The van der Waals surface area contributed by atoms with Gasteiger partial charge in [0.15, 0.2) is 0 Å². The summed E-state index contributed by atoms with van der Waals surface area (Å²) in [5.74, 6) is 0.456. The lowest BCUT2D eigenvalue weighted by Crippen LogP contribution is -2.23. The average Bonchev–Trinajstić information content (AvgIpc) is 2.46. The van der Waals surface area contributed by atoms with Gasteiger partial charge in [-0.25, -0.2) is 4.79 Å². The topological polar surface area (TPSA) is 35.5 Å². The molecule has 122 valence electrons. The second kappa shape index (κ2) is 7.18. The van der Waals surface area contributed by atoms with Crippen molar-refractivity contribution in [2.24, 2.45) is 0 Å². The van der Waals surface area contributed by atoms with Crippen LogP contribution in [0.1, 0.15) is 38.1 Å². The molecule has 0 heterocycles. The monoisotopic (exact) mass is 376 g/mol. The molecule has 4 heteroatoms. The SMILES string of the molecule is CCOc1ccccc1-c1cc(Br)cc(C(=O)OC(C)(C)C)c1. The first-order valence-corrected chi connectivity index (χ1v) is 8.35. The van der Waals surface area contributed by atoms with Gasteiger partial charge in [0.2, 0.25) is 0 Å². The van der Waals surface area contributed by atoms with Gasteiger partial charge in [0.1, 0.15) is 11.4 Å². The number of carbonyl (C=O) groups excluding carboxylic acids is 1. The molecule has 0 amide bonds. The van der Waals surface area contributed by atoms with Gasteiger partial charge in [0.25, 0.3) is 0 Å². The maximum absolute atomic E-state index is 12.3. The van der Waals surface area contributed by atoms with Crippen LogP contribution in [0.5, 0.6) is 5.75 Å². The van der Waals surface area contributed by atoms with Crippen LogP contribution in [-0.4, -0.2) is 18.2 Å². The Bertz CT molecular complexity index is 702. The number of hydrogen-bond donors (Lipinski definition) is 0. The predicted molar refractivity (Wildman–Crippen MR) is 95.9 cm³/mol. The van der Waals surface area contributed by atoms with Crippen LogP contribution in [0.25, 0.3) is 11.1 Å². The molecule has 2 rings (SSSR count). The molecule has 0 aliphatic heterocycles. The lowest BCUT2D eigenvalue weighted by molar-refractivity contribution is 0.00695. The first kappa shape index (κ1) is 17.5. The quantitative estimate of drug-likeness (QED) is 0.663. The molecule has 2 aromatic carbocycles. The minimum absolute atomic E-state index is 0.339. The molecule has 3 nitrogen and oxygen atoms in total. The van der Waals surface area contributed by atoms with Gasteiger partial charge in [-0.05, 0) is 57.5 Å². The maximum atomic E-state index is 12.3. The van der Waals surface area contributed by atoms with Gasteiger partial charge in [0, 0.05) is 10.0 Å². The number of carbonyl (C=O) groups is 1. The first-order chi connectivity index (χ1) is 10.8. The van der Waals surface area contributed by atoms with Crippen LogP contribution < -0.4 is 4.74 Å². The highest BCUT2D eigenvalue weighted by Gasteiger charge is 2.19. The fourth-order valence-corrected chi connectivity index (χ4v) is 2.68. The first-order valence-electron chi connectivity index (χ1n) is 7.56. The Hall–Kier alpha value is -1.81. The van der Waals surface area contributed by atoms with Crippen LogP contribution in [0.4, 0.5) is 0 Å².